The molecule has 0 aromatic carbocycles. The Kier molecular flexibility index (Phi) is 5.22. The van der Waals surface area contributed by atoms with Crippen LogP contribution in [0, 0.1) is 0 Å². The van der Waals surface area contributed by atoms with Crippen molar-refractivity contribution in [1.29, 1.82) is 0 Å². The molecule has 1 unspecified atom stereocenters. The molecule has 1 saturated heterocycles. The first kappa shape index (κ1) is 14.9. The molecule has 1 N–H and O–H groups in total. The third-order valence-electron chi connectivity index (χ3n) is 4.50. The summed E-state index contributed by atoms with van der Waals surface area (Å²) < 4.78 is 5.90. The third-order valence-corrected chi connectivity index (χ3v) is 4.50. The van der Waals surface area contributed by atoms with E-state index in [2.05, 4.69) is 40.4 Å². The molecular weight excluding hydrogens is 262 g/mol. The SMILES string of the molecule is CN1CCCCC1COCc1cccc(CNC2CC2)n1. The number of piperidine rings is 1. The number of pyridine rings is 1. The van der Waals surface area contributed by atoms with Gasteiger partial charge in [-0.2, -0.15) is 0 Å². The van der Waals surface area contributed by atoms with Crippen LogP contribution in [0.3, 0.4) is 0 Å². The molecule has 1 aromatic heterocycles. The second kappa shape index (κ2) is 7.34. The topological polar surface area (TPSA) is 37.4 Å². The number of hydrogen-bond acceptors (Lipinski definition) is 4. The fourth-order valence-corrected chi connectivity index (χ4v) is 2.90. The number of ether oxygens (including phenoxy) is 1. The number of nitrogens with zero attached hydrogens (tertiary/aromatic N) is 2. The summed E-state index contributed by atoms with van der Waals surface area (Å²) >= 11 is 0. The Morgan fingerprint density at radius 1 is 1.24 bits per heavy atom. The highest BCUT2D eigenvalue weighted by atomic mass is 16.5. The number of aromatic nitrogens is 1. The highest BCUT2D eigenvalue weighted by molar-refractivity contribution is 5.11. The van der Waals surface area contributed by atoms with Crippen molar-refractivity contribution in [2.75, 3.05) is 20.2 Å². The molecular formula is C17H27N3O. The summed E-state index contributed by atoms with van der Waals surface area (Å²) in [5.74, 6) is 0. The summed E-state index contributed by atoms with van der Waals surface area (Å²) in [6.07, 6.45) is 6.55. The third kappa shape index (κ3) is 4.77. The van der Waals surface area contributed by atoms with Crippen LogP contribution in [0.5, 0.6) is 0 Å². The number of likely N-dealkylation sites (N-methyl/N-ethyl adjacent to an activating group) is 1. The van der Waals surface area contributed by atoms with Crippen LogP contribution in [0.2, 0.25) is 0 Å². The summed E-state index contributed by atoms with van der Waals surface area (Å²) in [6.45, 7) is 3.53. The largest absolute Gasteiger partial charge is 0.374 e. The van der Waals surface area contributed by atoms with Crippen molar-refractivity contribution in [2.24, 2.45) is 0 Å². The predicted octanol–water partition coefficient (Wildman–Crippen LogP) is 2.33. The van der Waals surface area contributed by atoms with E-state index in [0.717, 1.165) is 30.6 Å². The molecule has 1 aliphatic carbocycles. The highest BCUT2D eigenvalue weighted by Crippen LogP contribution is 2.19. The van der Waals surface area contributed by atoms with Crippen LogP contribution in [-0.4, -0.2) is 42.2 Å². The van der Waals surface area contributed by atoms with Gasteiger partial charge in [-0.1, -0.05) is 12.5 Å². The van der Waals surface area contributed by atoms with Crippen molar-refractivity contribution < 1.29 is 4.74 Å². The summed E-state index contributed by atoms with van der Waals surface area (Å²) in [6, 6.07) is 7.55. The minimum Gasteiger partial charge on any atom is -0.374 e. The molecule has 1 aliphatic heterocycles. The van der Waals surface area contributed by atoms with Gasteiger partial charge in [0.1, 0.15) is 0 Å². The van der Waals surface area contributed by atoms with Gasteiger partial charge < -0.3 is 15.0 Å². The van der Waals surface area contributed by atoms with Crippen molar-refractivity contribution in [2.45, 2.75) is 57.3 Å². The van der Waals surface area contributed by atoms with Gasteiger partial charge >= 0.3 is 0 Å². The predicted molar refractivity (Wildman–Crippen MR) is 84.0 cm³/mol. The molecule has 0 radical (unpaired) electrons. The van der Waals surface area contributed by atoms with E-state index in [-0.39, 0.29) is 0 Å². The minimum absolute atomic E-state index is 0.582. The van der Waals surface area contributed by atoms with Gasteiger partial charge in [0.15, 0.2) is 0 Å². The molecule has 0 amide bonds. The Morgan fingerprint density at radius 3 is 2.90 bits per heavy atom. The summed E-state index contributed by atoms with van der Waals surface area (Å²) in [4.78, 5) is 7.10. The van der Waals surface area contributed by atoms with Crippen LogP contribution in [0.25, 0.3) is 0 Å². The van der Waals surface area contributed by atoms with Gasteiger partial charge in [0, 0.05) is 18.6 Å². The molecule has 116 valence electrons. The second-order valence-electron chi connectivity index (χ2n) is 6.42. The van der Waals surface area contributed by atoms with Gasteiger partial charge in [-0.05, 0) is 51.4 Å². The smallest absolute Gasteiger partial charge is 0.0888 e. The molecule has 0 spiro atoms. The molecule has 4 heteroatoms. The van der Waals surface area contributed by atoms with Crippen molar-refractivity contribution in [3.63, 3.8) is 0 Å². The molecule has 1 atom stereocenters. The van der Waals surface area contributed by atoms with E-state index in [4.69, 9.17) is 4.74 Å². The lowest BCUT2D eigenvalue weighted by molar-refractivity contribution is 0.0430. The maximum atomic E-state index is 5.90. The Labute approximate surface area is 127 Å². The van der Waals surface area contributed by atoms with Crippen molar-refractivity contribution in [1.82, 2.24) is 15.2 Å². The zero-order valence-corrected chi connectivity index (χ0v) is 13.1. The Balaban J connectivity index is 1.42. The normalized spacial score (nSPS) is 23.4. The number of rotatable bonds is 7. The van der Waals surface area contributed by atoms with Crippen LogP contribution in [0.15, 0.2) is 18.2 Å². The van der Waals surface area contributed by atoms with Gasteiger partial charge in [0.05, 0.1) is 24.6 Å². The lowest BCUT2D eigenvalue weighted by Gasteiger charge is -2.32. The van der Waals surface area contributed by atoms with Crippen molar-refractivity contribution in [3.8, 4) is 0 Å². The molecule has 1 aromatic rings. The van der Waals surface area contributed by atoms with Crippen LogP contribution in [0.1, 0.15) is 43.5 Å². The fraction of sp³-hybridized carbons (Fsp3) is 0.706. The molecule has 0 bridgehead atoms. The molecule has 2 aliphatic rings. The lowest BCUT2D eigenvalue weighted by atomic mass is 10.0. The summed E-state index contributed by atoms with van der Waals surface area (Å²) in [5, 5.41) is 3.50. The highest BCUT2D eigenvalue weighted by Gasteiger charge is 2.20. The average molecular weight is 289 g/mol. The van der Waals surface area contributed by atoms with E-state index < -0.39 is 0 Å². The lowest BCUT2D eigenvalue weighted by Crippen LogP contribution is -2.39. The zero-order chi connectivity index (χ0) is 14.5. The minimum atomic E-state index is 0.582. The van der Waals surface area contributed by atoms with Gasteiger partial charge in [0.2, 0.25) is 0 Å². The van der Waals surface area contributed by atoms with Gasteiger partial charge in [-0.25, -0.2) is 0 Å². The molecule has 2 heterocycles. The molecule has 4 nitrogen and oxygen atoms in total. The van der Waals surface area contributed by atoms with E-state index >= 15 is 0 Å². The number of hydrogen-bond donors (Lipinski definition) is 1. The van der Waals surface area contributed by atoms with E-state index in [1.165, 1.54) is 38.6 Å². The maximum absolute atomic E-state index is 5.90. The van der Waals surface area contributed by atoms with Crippen molar-refractivity contribution >= 4 is 0 Å². The standard InChI is InChI=1S/C17H27N3O/c1-20-10-3-2-7-17(20)13-21-12-16-6-4-5-15(19-16)11-18-14-8-9-14/h4-6,14,17-18H,2-3,7-13H2,1H3. The fourth-order valence-electron chi connectivity index (χ4n) is 2.90. The Morgan fingerprint density at radius 2 is 2.10 bits per heavy atom. The summed E-state index contributed by atoms with van der Waals surface area (Å²) in [5.41, 5.74) is 2.17. The quantitative estimate of drug-likeness (QED) is 0.836. The van der Waals surface area contributed by atoms with Crippen molar-refractivity contribution in [3.05, 3.63) is 29.6 Å². The Hall–Kier alpha value is -0.970. The van der Waals surface area contributed by atoms with Crippen LogP contribution in [0.4, 0.5) is 0 Å². The van der Waals surface area contributed by atoms with Gasteiger partial charge in [0.25, 0.3) is 0 Å². The number of likely N-dealkylation sites (tertiary alicyclic amines) is 1. The van der Waals surface area contributed by atoms with Gasteiger partial charge in [-0.3, -0.25) is 4.98 Å². The average Bonchev–Trinajstić information content (AvgIpc) is 3.32. The van der Waals surface area contributed by atoms with Gasteiger partial charge in [-0.15, -0.1) is 0 Å². The molecule has 3 rings (SSSR count). The van der Waals surface area contributed by atoms with Crippen LogP contribution in [-0.2, 0) is 17.9 Å². The monoisotopic (exact) mass is 289 g/mol. The first-order chi connectivity index (χ1) is 10.3. The number of nitrogens with one attached hydrogen (secondary N) is 1. The maximum Gasteiger partial charge on any atom is 0.0888 e. The first-order valence-corrected chi connectivity index (χ1v) is 8.27. The van der Waals surface area contributed by atoms with E-state index in [0.29, 0.717) is 12.6 Å². The zero-order valence-electron chi connectivity index (χ0n) is 13.1. The Bertz CT molecular complexity index is 447. The van der Waals surface area contributed by atoms with Crippen LogP contribution >= 0.6 is 0 Å². The molecule has 2 fully saturated rings. The van der Waals surface area contributed by atoms with Crippen LogP contribution < -0.4 is 5.32 Å². The molecule has 21 heavy (non-hydrogen) atoms. The second-order valence-corrected chi connectivity index (χ2v) is 6.42. The van der Waals surface area contributed by atoms with E-state index in [1.807, 2.05) is 0 Å². The molecule has 1 saturated carbocycles. The van der Waals surface area contributed by atoms with E-state index in [1.54, 1.807) is 0 Å². The first-order valence-electron chi connectivity index (χ1n) is 8.27. The summed E-state index contributed by atoms with van der Waals surface area (Å²) in [7, 11) is 2.20. The van der Waals surface area contributed by atoms with E-state index in [9.17, 15) is 0 Å².